The van der Waals surface area contributed by atoms with Gasteiger partial charge in [0.2, 0.25) is 0 Å². The average Bonchev–Trinajstić information content (AvgIpc) is 2.40. The first-order valence-electron chi connectivity index (χ1n) is 6.29. The smallest absolute Gasteiger partial charge is 0.138 e. The minimum Gasteiger partial charge on any atom is -0.508 e. The van der Waals surface area contributed by atoms with E-state index in [9.17, 15) is 10.2 Å². The maximum absolute atomic E-state index is 9.65. The molecule has 100 valence electrons. The minimum atomic E-state index is 0.225. The molecule has 0 aliphatic rings. The van der Waals surface area contributed by atoms with E-state index in [1.165, 1.54) is 0 Å². The van der Waals surface area contributed by atoms with Crippen molar-refractivity contribution >= 4 is 0 Å². The van der Waals surface area contributed by atoms with Gasteiger partial charge in [0.1, 0.15) is 11.5 Å². The summed E-state index contributed by atoms with van der Waals surface area (Å²) in [5.74, 6) is 0.508. The molecule has 0 unspecified atom stereocenters. The fourth-order valence-electron chi connectivity index (χ4n) is 1.84. The Morgan fingerprint density at radius 3 is 2.53 bits per heavy atom. The predicted octanol–water partition coefficient (Wildman–Crippen LogP) is 2.13. The van der Waals surface area contributed by atoms with Gasteiger partial charge in [-0.2, -0.15) is 0 Å². The van der Waals surface area contributed by atoms with Gasteiger partial charge in [0.15, 0.2) is 0 Å². The highest BCUT2D eigenvalue weighted by Gasteiger charge is 2.02. The average molecular weight is 258 g/mol. The standard InChI is InChI=1S/C15H18N2O2/c1-11-2-7-15(19)14(17-11)10-16-9-8-12-3-5-13(18)6-4-12/h2-7,16,18-19H,8-10H2,1H3. The van der Waals surface area contributed by atoms with Crippen LogP contribution in [0.4, 0.5) is 0 Å². The molecule has 4 heteroatoms. The zero-order chi connectivity index (χ0) is 13.7. The number of rotatable bonds is 5. The molecule has 0 atom stereocenters. The third-order valence-corrected chi connectivity index (χ3v) is 2.91. The number of aryl methyl sites for hydroxylation is 1. The highest BCUT2D eigenvalue weighted by molar-refractivity contribution is 5.28. The minimum absolute atomic E-state index is 0.225. The molecule has 0 amide bonds. The van der Waals surface area contributed by atoms with Crippen LogP contribution in [0.5, 0.6) is 11.5 Å². The van der Waals surface area contributed by atoms with Gasteiger partial charge in [0.25, 0.3) is 0 Å². The molecule has 0 saturated carbocycles. The summed E-state index contributed by atoms with van der Waals surface area (Å²) in [7, 11) is 0. The third kappa shape index (κ3) is 3.96. The van der Waals surface area contributed by atoms with E-state index in [2.05, 4.69) is 10.3 Å². The van der Waals surface area contributed by atoms with Gasteiger partial charge in [-0.25, -0.2) is 0 Å². The van der Waals surface area contributed by atoms with Crippen molar-refractivity contribution in [2.75, 3.05) is 6.54 Å². The molecule has 2 aromatic rings. The maximum atomic E-state index is 9.65. The summed E-state index contributed by atoms with van der Waals surface area (Å²) in [4.78, 5) is 4.28. The first-order chi connectivity index (χ1) is 9.15. The molecule has 0 radical (unpaired) electrons. The number of aromatic hydroxyl groups is 2. The van der Waals surface area contributed by atoms with Gasteiger partial charge in [-0.1, -0.05) is 12.1 Å². The number of phenolic OH excluding ortho intramolecular Hbond substituents is 1. The molecule has 0 fully saturated rings. The number of benzene rings is 1. The molecule has 1 aromatic heterocycles. The second-order valence-electron chi connectivity index (χ2n) is 4.51. The van der Waals surface area contributed by atoms with Gasteiger partial charge in [0, 0.05) is 12.2 Å². The Morgan fingerprint density at radius 2 is 1.79 bits per heavy atom. The van der Waals surface area contributed by atoms with Crippen LogP contribution in [0, 0.1) is 6.92 Å². The Morgan fingerprint density at radius 1 is 1.05 bits per heavy atom. The summed E-state index contributed by atoms with van der Waals surface area (Å²) in [6, 6.07) is 10.6. The van der Waals surface area contributed by atoms with E-state index in [1.807, 2.05) is 19.1 Å². The SMILES string of the molecule is Cc1ccc(O)c(CNCCc2ccc(O)cc2)n1. The molecule has 3 N–H and O–H groups in total. The van der Waals surface area contributed by atoms with Crippen molar-refractivity contribution in [1.29, 1.82) is 0 Å². The van der Waals surface area contributed by atoms with Crippen molar-refractivity contribution in [3.05, 3.63) is 53.3 Å². The quantitative estimate of drug-likeness (QED) is 0.719. The van der Waals surface area contributed by atoms with E-state index in [0.29, 0.717) is 12.2 Å². The number of hydrogen-bond donors (Lipinski definition) is 3. The van der Waals surface area contributed by atoms with E-state index in [1.54, 1.807) is 24.3 Å². The van der Waals surface area contributed by atoms with Crippen LogP contribution in [-0.4, -0.2) is 21.7 Å². The largest absolute Gasteiger partial charge is 0.508 e. The lowest BCUT2D eigenvalue weighted by Crippen LogP contribution is -2.17. The lowest BCUT2D eigenvalue weighted by Gasteiger charge is -2.07. The highest BCUT2D eigenvalue weighted by Crippen LogP contribution is 2.14. The lowest BCUT2D eigenvalue weighted by atomic mass is 10.1. The van der Waals surface area contributed by atoms with Gasteiger partial charge in [0.05, 0.1) is 5.69 Å². The molecule has 0 aliphatic heterocycles. The zero-order valence-corrected chi connectivity index (χ0v) is 10.9. The molecular formula is C15H18N2O2. The van der Waals surface area contributed by atoms with E-state index < -0.39 is 0 Å². The Labute approximate surface area is 112 Å². The second kappa shape index (κ2) is 6.20. The van der Waals surface area contributed by atoms with Crippen LogP contribution < -0.4 is 5.32 Å². The van der Waals surface area contributed by atoms with Crippen LogP contribution in [0.1, 0.15) is 17.0 Å². The third-order valence-electron chi connectivity index (χ3n) is 2.91. The molecular weight excluding hydrogens is 240 g/mol. The second-order valence-corrected chi connectivity index (χ2v) is 4.51. The van der Waals surface area contributed by atoms with Crippen LogP contribution in [0.3, 0.4) is 0 Å². The highest BCUT2D eigenvalue weighted by atomic mass is 16.3. The monoisotopic (exact) mass is 258 g/mol. The molecule has 0 spiro atoms. The summed E-state index contributed by atoms with van der Waals surface area (Å²) < 4.78 is 0. The molecule has 1 aromatic carbocycles. The summed E-state index contributed by atoms with van der Waals surface area (Å²) in [5.41, 5.74) is 2.73. The van der Waals surface area contributed by atoms with Crippen LogP contribution >= 0.6 is 0 Å². The number of aromatic nitrogens is 1. The number of hydrogen-bond acceptors (Lipinski definition) is 4. The van der Waals surface area contributed by atoms with Crippen molar-refractivity contribution in [2.24, 2.45) is 0 Å². The molecule has 2 rings (SSSR count). The topological polar surface area (TPSA) is 65.4 Å². The van der Waals surface area contributed by atoms with Crippen molar-refractivity contribution in [3.63, 3.8) is 0 Å². The molecule has 0 bridgehead atoms. The first-order valence-corrected chi connectivity index (χ1v) is 6.29. The van der Waals surface area contributed by atoms with Crippen LogP contribution in [0.15, 0.2) is 36.4 Å². The molecule has 19 heavy (non-hydrogen) atoms. The van der Waals surface area contributed by atoms with E-state index >= 15 is 0 Å². The van der Waals surface area contributed by atoms with Crippen LogP contribution in [0.2, 0.25) is 0 Å². The number of phenols is 1. The van der Waals surface area contributed by atoms with Crippen molar-refractivity contribution in [1.82, 2.24) is 10.3 Å². The Bertz CT molecular complexity index is 538. The maximum Gasteiger partial charge on any atom is 0.138 e. The van der Waals surface area contributed by atoms with E-state index in [-0.39, 0.29) is 11.5 Å². The van der Waals surface area contributed by atoms with Crippen LogP contribution in [-0.2, 0) is 13.0 Å². The summed E-state index contributed by atoms with van der Waals surface area (Å²) in [6.45, 7) is 3.24. The van der Waals surface area contributed by atoms with E-state index in [0.717, 1.165) is 24.2 Å². The fourth-order valence-corrected chi connectivity index (χ4v) is 1.84. The van der Waals surface area contributed by atoms with Gasteiger partial charge in [-0.05, 0) is 49.7 Å². The molecule has 0 aliphatic carbocycles. The lowest BCUT2D eigenvalue weighted by molar-refractivity contribution is 0.459. The Kier molecular flexibility index (Phi) is 4.36. The normalized spacial score (nSPS) is 10.6. The number of nitrogens with zero attached hydrogens (tertiary/aromatic N) is 1. The molecule has 4 nitrogen and oxygen atoms in total. The van der Waals surface area contributed by atoms with Gasteiger partial charge >= 0.3 is 0 Å². The number of nitrogens with one attached hydrogen (secondary N) is 1. The Hall–Kier alpha value is -2.07. The van der Waals surface area contributed by atoms with Gasteiger partial charge in [-0.15, -0.1) is 0 Å². The van der Waals surface area contributed by atoms with Crippen molar-refractivity contribution in [2.45, 2.75) is 19.9 Å². The fraction of sp³-hybridized carbons (Fsp3) is 0.267. The van der Waals surface area contributed by atoms with E-state index in [4.69, 9.17) is 0 Å². The Balaban J connectivity index is 1.80. The van der Waals surface area contributed by atoms with Crippen molar-refractivity contribution < 1.29 is 10.2 Å². The zero-order valence-electron chi connectivity index (χ0n) is 10.9. The summed E-state index contributed by atoms with van der Waals surface area (Å²) >= 11 is 0. The van der Waals surface area contributed by atoms with Gasteiger partial charge in [-0.3, -0.25) is 4.98 Å². The number of pyridine rings is 1. The summed E-state index contributed by atoms with van der Waals surface area (Å²) in [6.07, 6.45) is 0.868. The first kappa shape index (κ1) is 13.4. The van der Waals surface area contributed by atoms with Crippen molar-refractivity contribution in [3.8, 4) is 11.5 Å². The van der Waals surface area contributed by atoms with Crippen LogP contribution in [0.25, 0.3) is 0 Å². The van der Waals surface area contributed by atoms with Gasteiger partial charge < -0.3 is 15.5 Å². The predicted molar refractivity (Wildman–Crippen MR) is 74.2 cm³/mol. The summed E-state index contributed by atoms with van der Waals surface area (Å²) in [5, 5.41) is 22.1. The molecule has 1 heterocycles. The molecule has 0 saturated heterocycles.